The lowest BCUT2D eigenvalue weighted by Crippen LogP contribution is -1.99. The molecule has 7 nitrogen and oxygen atoms in total. The number of aromatic hydroxyl groups is 1. The Morgan fingerprint density at radius 2 is 2.33 bits per heavy atom. The minimum atomic E-state index is -0.0788. The quantitative estimate of drug-likeness (QED) is 0.570. The van der Waals surface area contributed by atoms with Crippen LogP contribution in [0.5, 0.6) is 5.75 Å². The second-order valence-electron chi connectivity index (χ2n) is 3.02. The van der Waals surface area contributed by atoms with E-state index in [0.29, 0.717) is 5.82 Å². The second-order valence-corrected chi connectivity index (χ2v) is 3.02. The summed E-state index contributed by atoms with van der Waals surface area (Å²) in [5.41, 5.74) is 6.29. The SMILES string of the molecule is Cc1cc(Nc2nc(N)ncc2O)n[nH]1. The molecule has 7 heteroatoms. The number of nitrogens with zero attached hydrogens (tertiary/aromatic N) is 3. The molecule has 0 saturated carbocycles. The fourth-order valence-corrected chi connectivity index (χ4v) is 1.08. The van der Waals surface area contributed by atoms with Crippen LogP contribution in [0.3, 0.4) is 0 Å². The molecule has 0 aromatic carbocycles. The Labute approximate surface area is 85.4 Å². The van der Waals surface area contributed by atoms with E-state index in [1.165, 1.54) is 6.20 Å². The Bertz CT molecular complexity index is 480. The Balaban J connectivity index is 2.27. The molecule has 2 rings (SSSR count). The van der Waals surface area contributed by atoms with E-state index < -0.39 is 0 Å². The normalized spacial score (nSPS) is 10.2. The molecule has 5 N–H and O–H groups in total. The van der Waals surface area contributed by atoms with Gasteiger partial charge in [0.15, 0.2) is 17.4 Å². The van der Waals surface area contributed by atoms with Crippen molar-refractivity contribution < 1.29 is 5.11 Å². The molecule has 2 heterocycles. The van der Waals surface area contributed by atoms with Gasteiger partial charge in [-0.25, -0.2) is 4.98 Å². The Kier molecular flexibility index (Phi) is 2.13. The molecular weight excluding hydrogens is 196 g/mol. The number of hydrogen-bond donors (Lipinski definition) is 4. The molecule has 0 aliphatic carbocycles. The van der Waals surface area contributed by atoms with Gasteiger partial charge >= 0.3 is 0 Å². The van der Waals surface area contributed by atoms with Crippen molar-refractivity contribution in [2.24, 2.45) is 0 Å². The smallest absolute Gasteiger partial charge is 0.222 e. The van der Waals surface area contributed by atoms with Crippen LogP contribution in [0.4, 0.5) is 17.6 Å². The molecule has 0 radical (unpaired) electrons. The third-order valence-corrected chi connectivity index (χ3v) is 1.74. The summed E-state index contributed by atoms with van der Waals surface area (Å²) < 4.78 is 0. The molecule has 0 spiro atoms. The molecule has 15 heavy (non-hydrogen) atoms. The van der Waals surface area contributed by atoms with Gasteiger partial charge in [0, 0.05) is 11.8 Å². The summed E-state index contributed by atoms with van der Waals surface area (Å²) in [7, 11) is 0. The third kappa shape index (κ3) is 1.96. The van der Waals surface area contributed by atoms with Crippen LogP contribution >= 0.6 is 0 Å². The summed E-state index contributed by atoms with van der Waals surface area (Å²) in [4.78, 5) is 7.46. The summed E-state index contributed by atoms with van der Waals surface area (Å²) in [5, 5.41) is 18.9. The van der Waals surface area contributed by atoms with Gasteiger partial charge in [-0.3, -0.25) is 5.10 Å². The number of nitrogen functional groups attached to an aromatic ring is 1. The lowest BCUT2D eigenvalue weighted by molar-refractivity contribution is 0.473. The topological polar surface area (TPSA) is 113 Å². The number of H-pyrrole nitrogens is 1. The van der Waals surface area contributed by atoms with Gasteiger partial charge in [-0.15, -0.1) is 0 Å². The maximum atomic E-state index is 9.42. The average Bonchev–Trinajstić information content (AvgIpc) is 2.58. The van der Waals surface area contributed by atoms with E-state index in [0.717, 1.165) is 5.69 Å². The van der Waals surface area contributed by atoms with E-state index in [1.807, 2.05) is 6.92 Å². The van der Waals surface area contributed by atoms with E-state index in [2.05, 4.69) is 25.5 Å². The molecule has 2 aromatic rings. The second kappa shape index (κ2) is 3.45. The minimum absolute atomic E-state index is 0.0788. The van der Waals surface area contributed by atoms with Crippen LogP contribution in [0.15, 0.2) is 12.3 Å². The number of hydrogen-bond acceptors (Lipinski definition) is 6. The molecule has 0 saturated heterocycles. The van der Waals surface area contributed by atoms with Crippen LogP contribution in [-0.4, -0.2) is 25.3 Å². The number of rotatable bonds is 2. The van der Waals surface area contributed by atoms with Crippen molar-refractivity contribution in [1.29, 1.82) is 0 Å². The Hall–Kier alpha value is -2.31. The van der Waals surface area contributed by atoms with E-state index in [4.69, 9.17) is 5.73 Å². The Morgan fingerprint density at radius 1 is 1.53 bits per heavy atom. The number of nitrogens with one attached hydrogen (secondary N) is 2. The lowest BCUT2D eigenvalue weighted by atomic mass is 10.4. The van der Waals surface area contributed by atoms with Crippen molar-refractivity contribution >= 4 is 17.6 Å². The largest absolute Gasteiger partial charge is 0.503 e. The molecule has 0 amide bonds. The molecule has 0 fully saturated rings. The standard InChI is InChI=1S/C8H10N6O/c1-4-2-6(14-13-4)11-7-5(15)3-10-8(9)12-7/h2-3,15H,1H3,(H4,9,10,11,12,13,14). The highest BCUT2D eigenvalue weighted by atomic mass is 16.3. The molecule has 0 unspecified atom stereocenters. The van der Waals surface area contributed by atoms with Crippen LogP contribution in [0.2, 0.25) is 0 Å². The summed E-state index contributed by atoms with van der Waals surface area (Å²) >= 11 is 0. The summed E-state index contributed by atoms with van der Waals surface area (Å²) in [6.07, 6.45) is 1.23. The highest BCUT2D eigenvalue weighted by Gasteiger charge is 2.06. The molecule has 0 atom stereocenters. The monoisotopic (exact) mass is 206 g/mol. The van der Waals surface area contributed by atoms with Crippen molar-refractivity contribution in [2.45, 2.75) is 6.92 Å². The average molecular weight is 206 g/mol. The third-order valence-electron chi connectivity index (χ3n) is 1.74. The van der Waals surface area contributed by atoms with Gasteiger partial charge in [-0.1, -0.05) is 0 Å². The number of aryl methyl sites for hydroxylation is 1. The summed E-state index contributed by atoms with van der Waals surface area (Å²) in [6, 6.07) is 1.78. The maximum Gasteiger partial charge on any atom is 0.222 e. The van der Waals surface area contributed by atoms with Crippen LogP contribution in [-0.2, 0) is 0 Å². The zero-order chi connectivity index (χ0) is 10.8. The van der Waals surface area contributed by atoms with Crippen LogP contribution in [0.1, 0.15) is 5.69 Å². The number of anilines is 3. The van der Waals surface area contributed by atoms with Crippen LogP contribution in [0, 0.1) is 6.92 Å². The van der Waals surface area contributed by atoms with E-state index >= 15 is 0 Å². The van der Waals surface area contributed by atoms with Crippen LogP contribution < -0.4 is 11.1 Å². The van der Waals surface area contributed by atoms with Crippen molar-refractivity contribution in [3.8, 4) is 5.75 Å². The number of aromatic amines is 1. The zero-order valence-corrected chi connectivity index (χ0v) is 8.02. The van der Waals surface area contributed by atoms with Gasteiger partial charge in [-0.05, 0) is 6.92 Å². The predicted octanol–water partition coefficient (Wildman–Crippen LogP) is 0.540. The lowest BCUT2D eigenvalue weighted by Gasteiger charge is -2.03. The van der Waals surface area contributed by atoms with E-state index in [9.17, 15) is 5.11 Å². The van der Waals surface area contributed by atoms with E-state index in [1.54, 1.807) is 6.07 Å². The number of aromatic nitrogens is 4. The minimum Gasteiger partial charge on any atom is -0.503 e. The van der Waals surface area contributed by atoms with Gasteiger partial charge in [-0.2, -0.15) is 10.1 Å². The van der Waals surface area contributed by atoms with Crippen molar-refractivity contribution in [3.63, 3.8) is 0 Å². The van der Waals surface area contributed by atoms with Gasteiger partial charge in [0.1, 0.15) is 0 Å². The van der Waals surface area contributed by atoms with Crippen molar-refractivity contribution in [3.05, 3.63) is 18.0 Å². The first kappa shape index (κ1) is 9.25. The van der Waals surface area contributed by atoms with Crippen molar-refractivity contribution in [1.82, 2.24) is 20.2 Å². The van der Waals surface area contributed by atoms with Gasteiger partial charge in [0.2, 0.25) is 5.95 Å². The number of nitrogens with two attached hydrogens (primary N) is 1. The van der Waals surface area contributed by atoms with Crippen LogP contribution in [0.25, 0.3) is 0 Å². The molecule has 78 valence electrons. The van der Waals surface area contributed by atoms with Crippen molar-refractivity contribution in [2.75, 3.05) is 11.1 Å². The molecular formula is C8H10N6O. The molecule has 0 bridgehead atoms. The highest BCUT2D eigenvalue weighted by molar-refractivity contribution is 5.59. The summed E-state index contributed by atoms with van der Waals surface area (Å²) in [6.45, 7) is 1.87. The summed E-state index contributed by atoms with van der Waals surface area (Å²) in [5.74, 6) is 0.794. The maximum absolute atomic E-state index is 9.42. The molecule has 0 aliphatic rings. The van der Waals surface area contributed by atoms with E-state index in [-0.39, 0.29) is 17.5 Å². The first-order chi connectivity index (χ1) is 7.15. The fourth-order valence-electron chi connectivity index (χ4n) is 1.08. The fraction of sp³-hybridized carbons (Fsp3) is 0.125. The first-order valence-corrected chi connectivity index (χ1v) is 4.25. The first-order valence-electron chi connectivity index (χ1n) is 4.25. The Morgan fingerprint density at radius 3 is 3.00 bits per heavy atom. The van der Waals surface area contributed by atoms with Gasteiger partial charge in [0.25, 0.3) is 0 Å². The van der Waals surface area contributed by atoms with Gasteiger partial charge in [0.05, 0.1) is 6.20 Å². The van der Waals surface area contributed by atoms with Gasteiger partial charge < -0.3 is 16.2 Å². The highest BCUT2D eigenvalue weighted by Crippen LogP contribution is 2.22. The predicted molar refractivity (Wildman–Crippen MR) is 54.7 cm³/mol. The zero-order valence-electron chi connectivity index (χ0n) is 8.02. The molecule has 2 aromatic heterocycles. The molecule has 0 aliphatic heterocycles.